The van der Waals surface area contributed by atoms with Gasteiger partial charge in [0.15, 0.2) is 5.58 Å². The molecule has 122 valence electrons. The summed E-state index contributed by atoms with van der Waals surface area (Å²) >= 11 is 0. The monoisotopic (exact) mass is 329 g/mol. The van der Waals surface area contributed by atoms with Gasteiger partial charge >= 0.3 is 5.97 Å². The van der Waals surface area contributed by atoms with Gasteiger partial charge in [-0.25, -0.2) is 9.78 Å². The molecule has 0 aliphatic carbocycles. The standard InChI is InChI=1S/C21H15NO3/c1-2-19(23)24-13-15-12-11-14-7-3-4-8-16(14)20(15)21-22-17-9-5-6-10-18(17)25-21/h2-12H,1,13H2. The summed E-state index contributed by atoms with van der Waals surface area (Å²) in [6, 6.07) is 19.5. The lowest BCUT2D eigenvalue weighted by Crippen LogP contribution is -2.02. The van der Waals surface area contributed by atoms with Crippen LogP contribution in [0.2, 0.25) is 0 Å². The Morgan fingerprint density at radius 1 is 1.08 bits per heavy atom. The maximum atomic E-state index is 11.5. The van der Waals surface area contributed by atoms with Gasteiger partial charge in [0, 0.05) is 11.6 Å². The molecule has 1 aromatic heterocycles. The molecule has 0 fully saturated rings. The number of para-hydroxylation sites is 2. The zero-order valence-corrected chi connectivity index (χ0v) is 13.4. The average Bonchev–Trinajstić information content (AvgIpc) is 3.09. The van der Waals surface area contributed by atoms with Crippen molar-refractivity contribution in [3.05, 3.63) is 78.9 Å². The maximum absolute atomic E-state index is 11.5. The van der Waals surface area contributed by atoms with E-state index in [1.54, 1.807) is 0 Å². The van der Waals surface area contributed by atoms with Crippen molar-refractivity contribution in [3.63, 3.8) is 0 Å². The predicted octanol–water partition coefficient (Wildman–Crippen LogP) is 4.88. The first kappa shape index (κ1) is 15.1. The van der Waals surface area contributed by atoms with E-state index in [1.807, 2.05) is 60.7 Å². The van der Waals surface area contributed by atoms with Crippen molar-refractivity contribution in [2.45, 2.75) is 6.61 Å². The van der Waals surface area contributed by atoms with E-state index in [0.717, 1.165) is 39.1 Å². The highest BCUT2D eigenvalue weighted by molar-refractivity contribution is 5.97. The lowest BCUT2D eigenvalue weighted by molar-refractivity contribution is -0.138. The topological polar surface area (TPSA) is 52.3 Å². The van der Waals surface area contributed by atoms with Crippen molar-refractivity contribution < 1.29 is 13.9 Å². The molecule has 25 heavy (non-hydrogen) atoms. The highest BCUT2D eigenvalue weighted by Crippen LogP contribution is 2.34. The van der Waals surface area contributed by atoms with Gasteiger partial charge in [0.2, 0.25) is 5.89 Å². The number of rotatable bonds is 4. The van der Waals surface area contributed by atoms with Crippen molar-refractivity contribution in [2.24, 2.45) is 0 Å². The molecule has 0 aliphatic rings. The third-order valence-corrected chi connectivity index (χ3v) is 4.06. The molecule has 0 saturated carbocycles. The number of benzene rings is 3. The number of carbonyl (C=O) groups excluding carboxylic acids is 1. The second kappa shape index (κ2) is 6.24. The summed E-state index contributed by atoms with van der Waals surface area (Å²) in [5, 5.41) is 2.07. The third-order valence-electron chi connectivity index (χ3n) is 4.06. The van der Waals surface area contributed by atoms with Gasteiger partial charge in [-0.1, -0.05) is 55.1 Å². The van der Waals surface area contributed by atoms with Gasteiger partial charge in [0.1, 0.15) is 12.1 Å². The van der Waals surface area contributed by atoms with Crippen LogP contribution in [0.1, 0.15) is 5.56 Å². The van der Waals surface area contributed by atoms with E-state index in [2.05, 4.69) is 11.6 Å². The van der Waals surface area contributed by atoms with Crippen molar-refractivity contribution >= 4 is 27.8 Å². The quantitative estimate of drug-likeness (QED) is 0.396. The number of fused-ring (bicyclic) bond motifs is 2. The summed E-state index contributed by atoms with van der Waals surface area (Å²) in [5.74, 6) is 0.0549. The van der Waals surface area contributed by atoms with Crippen molar-refractivity contribution in [1.82, 2.24) is 4.98 Å². The summed E-state index contributed by atoms with van der Waals surface area (Å²) in [7, 11) is 0. The molecule has 4 nitrogen and oxygen atoms in total. The summed E-state index contributed by atoms with van der Waals surface area (Å²) in [5.41, 5.74) is 3.19. The van der Waals surface area contributed by atoms with Crippen molar-refractivity contribution in [1.29, 1.82) is 0 Å². The number of nitrogens with zero attached hydrogens (tertiary/aromatic N) is 1. The molecule has 0 amide bonds. The molecule has 0 saturated heterocycles. The van der Waals surface area contributed by atoms with Crippen molar-refractivity contribution in [2.75, 3.05) is 0 Å². The average molecular weight is 329 g/mol. The molecule has 0 atom stereocenters. The number of oxazole rings is 1. The molecule has 4 rings (SSSR count). The number of carbonyl (C=O) groups is 1. The fourth-order valence-corrected chi connectivity index (χ4v) is 2.88. The Hall–Kier alpha value is -3.40. The molecule has 4 aromatic rings. The van der Waals surface area contributed by atoms with Gasteiger partial charge in [-0.05, 0) is 22.9 Å². The Morgan fingerprint density at radius 3 is 2.72 bits per heavy atom. The smallest absolute Gasteiger partial charge is 0.330 e. The van der Waals surface area contributed by atoms with Crippen LogP contribution in [-0.4, -0.2) is 11.0 Å². The molecular formula is C21H15NO3. The first-order valence-corrected chi connectivity index (χ1v) is 7.92. The Morgan fingerprint density at radius 2 is 1.88 bits per heavy atom. The minimum absolute atomic E-state index is 0.129. The Bertz CT molecular complexity index is 1060. The fraction of sp³-hybridized carbons (Fsp3) is 0.0476. The van der Waals surface area contributed by atoms with Crippen LogP contribution in [0, 0.1) is 0 Å². The predicted molar refractivity (Wildman–Crippen MR) is 96.9 cm³/mol. The lowest BCUT2D eigenvalue weighted by atomic mass is 9.99. The molecule has 0 spiro atoms. The molecule has 0 N–H and O–H groups in total. The van der Waals surface area contributed by atoms with E-state index < -0.39 is 5.97 Å². The molecule has 0 radical (unpaired) electrons. The van der Waals surface area contributed by atoms with Gasteiger partial charge in [-0.2, -0.15) is 0 Å². The van der Waals surface area contributed by atoms with Crippen molar-refractivity contribution in [3.8, 4) is 11.5 Å². The molecule has 1 heterocycles. The Balaban J connectivity index is 1.91. The van der Waals surface area contributed by atoms with E-state index in [0.29, 0.717) is 5.89 Å². The van der Waals surface area contributed by atoms with E-state index >= 15 is 0 Å². The lowest BCUT2D eigenvalue weighted by Gasteiger charge is -2.10. The summed E-state index contributed by atoms with van der Waals surface area (Å²) in [6.45, 7) is 3.56. The fourth-order valence-electron chi connectivity index (χ4n) is 2.88. The van der Waals surface area contributed by atoms with Gasteiger partial charge in [0.05, 0.1) is 5.56 Å². The largest absolute Gasteiger partial charge is 0.458 e. The Kier molecular flexibility index (Phi) is 3.78. The van der Waals surface area contributed by atoms with Gasteiger partial charge in [0.25, 0.3) is 0 Å². The van der Waals surface area contributed by atoms with Gasteiger partial charge in [-0.3, -0.25) is 0 Å². The van der Waals surface area contributed by atoms with Crippen LogP contribution in [0.25, 0.3) is 33.3 Å². The Labute approximate surface area is 144 Å². The highest BCUT2D eigenvalue weighted by atomic mass is 16.5. The second-order valence-corrected chi connectivity index (χ2v) is 5.62. The van der Waals surface area contributed by atoms with Gasteiger partial charge in [-0.15, -0.1) is 0 Å². The molecule has 0 aliphatic heterocycles. The minimum atomic E-state index is -0.461. The third kappa shape index (κ3) is 2.78. The van der Waals surface area contributed by atoms with Crippen LogP contribution in [0.5, 0.6) is 0 Å². The SMILES string of the molecule is C=CC(=O)OCc1ccc2ccccc2c1-c1nc2ccccc2o1. The molecule has 0 unspecified atom stereocenters. The second-order valence-electron chi connectivity index (χ2n) is 5.62. The van der Waals surface area contributed by atoms with Crippen LogP contribution < -0.4 is 0 Å². The highest BCUT2D eigenvalue weighted by Gasteiger charge is 2.16. The zero-order chi connectivity index (χ0) is 17.2. The first-order valence-electron chi connectivity index (χ1n) is 7.92. The summed E-state index contributed by atoms with van der Waals surface area (Å²) in [6.07, 6.45) is 1.15. The zero-order valence-electron chi connectivity index (χ0n) is 13.4. The summed E-state index contributed by atoms with van der Waals surface area (Å²) in [4.78, 5) is 16.1. The van der Waals surface area contributed by atoms with Crippen LogP contribution in [0.3, 0.4) is 0 Å². The molecule has 3 aromatic carbocycles. The van der Waals surface area contributed by atoms with E-state index in [-0.39, 0.29) is 6.61 Å². The van der Waals surface area contributed by atoms with E-state index in [1.165, 1.54) is 0 Å². The minimum Gasteiger partial charge on any atom is -0.458 e. The number of hydrogen-bond donors (Lipinski definition) is 0. The summed E-state index contributed by atoms with van der Waals surface area (Å²) < 4.78 is 11.2. The van der Waals surface area contributed by atoms with Crippen LogP contribution in [-0.2, 0) is 16.1 Å². The number of esters is 1. The number of hydrogen-bond acceptors (Lipinski definition) is 4. The van der Waals surface area contributed by atoms with E-state index in [4.69, 9.17) is 9.15 Å². The molecule has 4 heteroatoms. The van der Waals surface area contributed by atoms with Gasteiger partial charge < -0.3 is 9.15 Å². The van der Waals surface area contributed by atoms with Crippen LogP contribution >= 0.6 is 0 Å². The first-order chi connectivity index (χ1) is 12.3. The number of ether oxygens (including phenoxy) is 1. The van der Waals surface area contributed by atoms with E-state index in [9.17, 15) is 4.79 Å². The normalized spacial score (nSPS) is 10.9. The van der Waals surface area contributed by atoms with Crippen LogP contribution in [0.4, 0.5) is 0 Å². The number of aromatic nitrogens is 1. The van der Waals surface area contributed by atoms with Crippen LogP contribution in [0.15, 0.2) is 77.7 Å². The molecular weight excluding hydrogens is 314 g/mol. The maximum Gasteiger partial charge on any atom is 0.330 e. The molecule has 0 bridgehead atoms.